The number of aryl methyl sites for hydroxylation is 2. The first-order valence-corrected chi connectivity index (χ1v) is 11.8. The normalized spacial score (nSPS) is 17.5. The lowest BCUT2D eigenvalue weighted by molar-refractivity contribution is 0.0496. The van der Waals surface area contributed by atoms with Gasteiger partial charge in [0.05, 0.1) is 18.3 Å². The van der Waals surface area contributed by atoms with Crippen LogP contribution in [-0.2, 0) is 30.7 Å². The predicted octanol–water partition coefficient (Wildman–Crippen LogP) is 4.35. The Morgan fingerprint density at radius 2 is 2.00 bits per heavy atom. The summed E-state index contributed by atoms with van der Waals surface area (Å²) in [5.74, 6) is 1.14. The van der Waals surface area contributed by atoms with Crippen LogP contribution in [0.5, 0.6) is 5.75 Å². The van der Waals surface area contributed by atoms with Crippen molar-refractivity contribution in [3.63, 3.8) is 0 Å². The molecule has 1 amide bonds. The van der Waals surface area contributed by atoms with Crippen molar-refractivity contribution in [3.05, 3.63) is 76.9 Å². The molecule has 2 aromatic heterocycles. The van der Waals surface area contributed by atoms with E-state index in [-0.39, 0.29) is 24.3 Å². The number of benzene rings is 1. The SMILES string of the molecule is O=C(c1cc(COc2ccc3c(c2)CCCC3)on1)N(Cc1ccccn1)CC1CCCO1. The topological polar surface area (TPSA) is 77.7 Å². The number of nitrogens with zero attached hydrogens (tertiary/aromatic N) is 3. The molecule has 1 aliphatic carbocycles. The highest BCUT2D eigenvalue weighted by Gasteiger charge is 2.26. The molecular formula is C26H29N3O4. The second-order valence-corrected chi connectivity index (χ2v) is 8.75. The van der Waals surface area contributed by atoms with Crippen LogP contribution in [0.25, 0.3) is 0 Å². The van der Waals surface area contributed by atoms with E-state index in [9.17, 15) is 4.79 Å². The van der Waals surface area contributed by atoms with Crippen molar-refractivity contribution >= 4 is 5.91 Å². The lowest BCUT2D eigenvalue weighted by Gasteiger charge is -2.24. The molecule has 1 atom stereocenters. The summed E-state index contributed by atoms with van der Waals surface area (Å²) in [6.45, 7) is 1.87. The number of fused-ring (bicyclic) bond motifs is 1. The fraction of sp³-hybridized carbons (Fsp3) is 0.423. The van der Waals surface area contributed by atoms with E-state index < -0.39 is 0 Å². The number of ether oxygens (including phenoxy) is 2. The average molecular weight is 448 g/mol. The molecule has 1 unspecified atom stereocenters. The Balaban J connectivity index is 1.24. The number of hydrogen-bond donors (Lipinski definition) is 0. The lowest BCUT2D eigenvalue weighted by atomic mass is 9.92. The van der Waals surface area contributed by atoms with Crippen molar-refractivity contribution in [1.29, 1.82) is 0 Å². The van der Waals surface area contributed by atoms with Crippen LogP contribution in [0, 0.1) is 0 Å². The fourth-order valence-corrected chi connectivity index (χ4v) is 4.54. The molecule has 33 heavy (non-hydrogen) atoms. The number of amides is 1. The van der Waals surface area contributed by atoms with Crippen molar-refractivity contribution in [3.8, 4) is 5.75 Å². The summed E-state index contributed by atoms with van der Waals surface area (Å²) in [6, 6.07) is 13.6. The van der Waals surface area contributed by atoms with Gasteiger partial charge in [-0.05, 0) is 73.9 Å². The highest BCUT2D eigenvalue weighted by molar-refractivity contribution is 5.92. The monoisotopic (exact) mass is 447 g/mol. The van der Waals surface area contributed by atoms with Gasteiger partial charge in [0.1, 0.15) is 12.4 Å². The molecule has 172 valence electrons. The van der Waals surface area contributed by atoms with Gasteiger partial charge in [-0.25, -0.2) is 0 Å². The minimum Gasteiger partial charge on any atom is -0.486 e. The highest BCUT2D eigenvalue weighted by Crippen LogP contribution is 2.26. The summed E-state index contributed by atoms with van der Waals surface area (Å²) in [5.41, 5.74) is 3.88. The molecule has 7 nitrogen and oxygen atoms in total. The van der Waals surface area contributed by atoms with Crippen molar-refractivity contribution in [2.75, 3.05) is 13.2 Å². The quantitative estimate of drug-likeness (QED) is 0.511. The van der Waals surface area contributed by atoms with Gasteiger partial charge >= 0.3 is 0 Å². The molecule has 1 aliphatic heterocycles. The molecule has 0 radical (unpaired) electrons. The Morgan fingerprint density at radius 3 is 2.82 bits per heavy atom. The van der Waals surface area contributed by atoms with Crippen LogP contribution in [0.3, 0.4) is 0 Å². The Bertz CT molecular complexity index is 1080. The highest BCUT2D eigenvalue weighted by atomic mass is 16.5. The van der Waals surface area contributed by atoms with Gasteiger partial charge in [0.15, 0.2) is 11.5 Å². The summed E-state index contributed by atoms with van der Waals surface area (Å²) in [6.07, 6.45) is 8.47. The Hall–Kier alpha value is -3.19. The summed E-state index contributed by atoms with van der Waals surface area (Å²) in [5, 5.41) is 4.03. The van der Waals surface area contributed by atoms with Crippen LogP contribution in [0.1, 0.15) is 58.8 Å². The van der Waals surface area contributed by atoms with Crippen LogP contribution in [0.2, 0.25) is 0 Å². The molecule has 0 saturated carbocycles. The smallest absolute Gasteiger partial charge is 0.276 e. The summed E-state index contributed by atoms with van der Waals surface area (Å²) >= 11 is 0. The number of rotatable bonds is 8. The molecule has 1 fully saturated rings. The number of hydrogen-bond acceptors (Lipinski definition) is 6. The number of carbonyl (C=O) groups is 1. The number of carbonyl (C=O) groups excluding carboxylic acids is 1. The predicted molar refractivity (Wildman–Crippen MR) is 122 cm³/mol. The third kappa shape index (κ3) is 5.42. The van der Waals surface area contributed by atoms with Crippen molar-refractivity contribution in [2.45, 2.75) is 57.8 Å². The summed E-state index contributed by atoms with van der Waals surface area (Å²) in [7, 11) is 0. The van der Waals surface area contributed by atoms with E-state index >= 15 is 0 Å². The number of aromatic nitrogens is 2. The van der Waals surface area contributed by atoms with E-state index in [4.69, 9.17) is 14.0 Å². The van der Waals surface area contributed by atoms with E-state index in [0.717, 1.165) is 43.7 Å². The van der Waals surface area contributed by atoms with Crippen LogP contribution in [0.15, 0.2) is 53.2 Å². The van der Waals surface area contributed by atoms with Crippen LogP contribution >= 0.6 is 0 Å². The van der Waals surface area contributed by atoms with Crippen LogP contribution < -0.4 is 4.74 Å². The van der Waals surface area contributed by atoms with Gasteiger partial charge < -0.3 is 18.9 Å². The van der Waals surface area contributed by atoms with E-state index in [1.165, 1.54) is 24.0 Å². The van der Waals surface area contributed by atoms with Crippen molar-refractivity contribution < 1.29 is 18.8 Å². The third-order valence-electron chi connectivity index (χ3n) is 6.29. The Kier molecular flexibility index (Phi) is 6.67. The minimum absolute atomic E-state index is 0.0383. The molecular weight excluding hydrogens is 418 g/mol. The molecule has 5 rings (SSSR count). The van der Waals surface area contributed by atoms with Gasteiger partial charge in [-0.3, -0.25) is 9.78 Å². The zero-order chi connectivity index (χ0) is 22.5. The second-order valence-electron chi connectivity index (χ2n) is 8.75. The van der Waals surface area contributed by atoms with Crippen LogP contribution in [0.4, 0.5) is 0 Å². The maximum atomic E-state index is 13.3. The van der Waals surface area contributed by atoms with Gasteiger partial charge in [-0.2, -0.15) is 0 Å². The average Bonchev–Trinajstić information content (AvgIpc) is 3.55. The largest absolute Gasteiger partial charge is 0.486 e. The molecule has 7 heteroatoms. The van der Waals surface area contributed by atoms with E-state index in [1.807, 2.05) is 24.3 Å². The summed E-state index contributed by atoms with van der Waals surface area (Å²) in [4.78, 5) is 19.4. The molecule has 3 heterocycles. The first-order chi connectivity index (χ1) is 16.2. The Morgan fingerprint density at radius 1 is 1.09 bits per heavy atom. The minimum atomic E-state index is -0.195. The second kappa shape index (κ2) is 10.2. The fourth-order valence-electron chi connectivity index (χ4n) is 4.54. The number of pyridine rings is 1. The van der Waals surface area contributed by atoms with Gasteiger partial charge in [0, 0.05) is 25.4 Å². The van der Waals surface area contributed by atoms with Gasteiger partial charge in [0.25, 0.3) is 5.91 Å². The first kappa shape index (κ1) is 21.6. The van der Waals surface area contributed by atoms with E-state index in [2.05, 4.69) is 22.3 Å². The molecule has 3 aromatic rings. The van der Waals surface area contributed by atoms with E-state index in [0.29, 0.717) is 18.8 Å². The molecule has 1 saturated heterocycles. The van der Waals surface area contributed by atoms with Crippen LogP contribution in [-0.4, -0.2) is 40.2 Å². The molecule has 0 bridgehead atoms. The van der Waals surface area contributed by atoms with Gasteiger partial charge in [0.2, 0.25) is 0 Å². The van der Waals surface area contributed by atoms with Gasteiger partial charge in [-0.1, -0.05) is 17.3 Å². The molecule has 0 spiro atoms. The molecule has 2 aliphatic rings. The van der Waals surface area contributed by atoms with Gasteiger partial charge in [-0.15, -0.1) is 0 Å². The first-order valence-electron chi connectivity index (χ1n) is 11.8. The standard InChI is InChI=1S/C26H29N3O4/c30-26(29(17-23-9-5-13-31-23)16-21-8-3-4-12-27-21)25-15-24(33-28-25)18-32-22-11-10-19-6-1-2-7-20(19)14-22/h3-4,8,10-12,14-15,23H,1-2,5-7,9,13,16-18H2. The third-order valence-corrected chi connectivity index (χ3v) is 6.29. The Labute approximate surface area is 193 Å². The maximum Gasteiger partial charge on any atom is 0.276 e. The van der Waals surface area contributed by atoms with Crippen molar-refractivity contribution in [1.82, 2.24) is 15.0 Å². The molecule has 0 N–H and O–H groups in total. The van der Waals surface area contributed by atoms with E-state index in [1.54, 1.807) is 17.2 Å². The maximum absolute atomic E-state index is 13.3. The molecule has 1 aromatic carbocycles. The zero-order valence-electron chi connectivity index (χ0n) is 18.7. The lowest BCUT2D eigenvalue weighted by Crippen LogP contribution is -2.37. The summed E-state index contributed by atoms with van der Waals surface area (Å²) < 4.78 is 17.1. The van der Waals surface area contributed by atoms with Crippen molar-refractivity contribution in [2.24, 2.45) is 0 Å². The zero-order valence-corrected chi connectivity index (χ0v) is 18.7.